The van der Waals surface area contributed by atoms with E-state index in [-0.39, 0.29) is 19.3 Å². The second-order valence-corrected chi connectivity index (χ2v) is 17.3. The van der Waals surface area contributed by atoms with Crippen LogP contribution in [-0.2, 0) is 28.6 Å². The Hall–Kier alpha value is -2.89. The van der Waals surface area contributed by atoms with E-state index in [4.69, 9.17) is 21.1 Å². The van der Waals surface area contributed by atoms with Crippen LogP contribution in [0.25, 0.3) is 0 Å². The molecule has 0 N–H and O–H groups in total. The number of ether oxygens (including phenoxy) is 3. The molecule has 0 rings (SSSR count). The predicted octanol–water partition coefficient (Wildman–Crippen LogP) is 17.6. The minimum absolute atomic E-state index is 0.150. The Morgan fingerprint density at radius 1 is 0.365 bits per heavy atom. The molecule has 0 aromatic carbocycles. The van der Waals surface area contributed by atoms with E-state index >= 15 is 0 Å². The fraction of sp³-hybridized carbons (Fsp3) is 0.772. The van der Waals surface area contributed by atoms with E-state index in [0.717, 1.165) is 116 Å². The summed E-state index contributed by atoms with van der Waals surface area (Å²) < 4.78 is 58.8. The van der Waals surface area contributed by atoms with Crippen molar-refractivity contribution in [1.82, 2.24) is 0 Å². The standard InChI is InChI=1S/C57H100O6/c1-4-7-10-13-16-19-22-25-28-31-34-37-40-43-46-49-55(58)61-52-54(63-57(60)51-48-45-42-39-36-33-30-27-24-21-18-15-12-9-6-3)53-62-56(59)50-47-44-41-38-35-32-29-26-23-20-17-14-11-8-5-2/h16,18-19,21,25-30,54H,4-15,17,20,22-24,31-53H2,1-3H3/b19-16-,21-18-,28-25+,29-26-,30-27-/i52D2,53D2,54D. The summed E-state index contributed by atoms with van der Waals surface area (Å²) in [4.78, 5) is 39.0. The highest BCUT2D eigenvalue weighted by molar-refractivity contribution is 5.71. The first-order chi connectivity index (χ1) is 32.9. The molecule has 0 aliphatic rings. The van der Waals surface area contributed by atoms with Gasteiger partial charge in [-0.05, 0) is 109 Å². The molecule has 364 valence electrons. The van der Waals surface area contributed by atoms with Crippen molar-refractivity contribution >= 4 is 17.9 Å². The van der Waals surface area contributed by atoms with Gasteiger partial charge in [0, 0.05) is 19.3 Å². The molecule has 6 heteroatoms. The van der Waals surface area contributed by atoms with Gasteiger partial charge in [-0.3, -0.25) is 14.4 Å². The second-order valence-electron chi connectivity index (χ2n) is 17.3. The molecular weight excluding hydrogens is 781 g/mol. The van der Waals surface area contributed by atoms with Crippen LogP contribution >= 0.6 is 0 Å². The summed E-state index contributed by atoms with van der Waals surface area (Å²) >= 11 is 0. The van der Waals surface area contributed by atoms with Gasteiger partial charge in [-0.2, -0.15) is 0 Å². The summed E-state index contributed by atoms with van der Waals surface area (Å²) in [6.07, 6.45) is 53.7. The first-order valence-electron chi connectivity index (χ1n) is 28.8. The van der Waals surface area contributed by atoms with E-state index in [1.165, 1.54) is 77.0 Å². The van der Waals surface area contributed by atoms with Crippen LogP contribution in [0.2, 0.25) is 0 Å². The van der Waals surface area contributed by atoms with Crippen LogP contribution in [0.1, 0.15) is 272 Å². The number of carbonyl (C=O) groups is 3. The SMILES string of the molecule is [2H]C([2H])(OC(=O)CCCCCCC/C=C\CCCCCCCC)C([2H])(OC(=O)CCCCCCC/C=C\C/C=C\CCCCC)C([2H])([2H])OC(=O)CCCCCCC/C=C/C/C=C\CCCCC. The molecular formula is C57H100O6. The summed E-state index contributed by atoms with van der Waals surface area (Å²) in [5, 5.41) is 0. The van der Waals surface area contributed by atoms with Gasteiger partial charge in [0.25, 0.3) is 0 Å². The minimum Gasteiger partial charge on any atom is -0.462 e. The number of rotatable bonds is 48. The van der Waals surface area contributed by atoms with E-state index in [2.05, 4.69) is 81.5 Å². The lowest BCUT2D eigenvalue weighted by molar-refractivity contribution is -0.167. The van der Waals surface area contributed by atoms with E-state index in [1.54, 1.807) is 0 Å². The molecule has 0 saturated carbocycles. The highest BCUT2D eigenvalue weighted by atomic mass is 16.6. The molecule has 0 aromatic heterocycles. The van der Waals surface area contributed by atoms with Crippen molar-refractivity contribution in [1.29, 1.82) is 0 Å². The van der Waals surface area contributed by atoms with Crippen LogP contribution in [0.3, 0.4) is 0 Å². The molecule has 0 bridgehead atoms. The van der Waals surface area contributed by atoms with Crippen molar-refractivity contribution in [3.8, 4) is 0 Å². The zero-order valence-electron chi connectivity index (χ0n) is 46.1. The van der Waals surface area contributed by atoms with Gasteiger partial charge in [-0.25, -0.2) is 0 Å². The van der Waals surface area contributed by atoms with Gasteiger partial charge in [0.05, 0.1) is 6.85 Å². The summed E-state index contributed by atoms with van der Waals surface area (Å²) in [6, 6.07) is 0. The highest BCUT2D eigenvalue weighted by Crippen LogP contribution is 2.14. The third-order valence-corrected chi connectivity index (χ3v) is 11.0. The van der Waals surface area contributed by atoms with Crippen molar-refractivity contribution in [2.75, 3.05) is 13.1 Å². The van der Waals surface area contributed by atoms with Crippen molar-refractivity contribution in [2.24, 2.45) is 0 Å². The van der Waals surface area contributed by atoms with E-state index in [1.807, 2.05) is 0 Å². The van der Waals surface area contributed by atoms with Crippen LogP contribution in [0, 0.1) is 0 Å². The van der Waals surface area contributed by atoms with Gasteiger partial charge in [-0.1, -0.05) is 197 Å². The molecule has 0 aromatic rings. The number of allylic oxidation sites excluding steroid dienone is 10. The predicted molar refractivity (Wildman–Crippen MR) is 270 cm³/mol. The van der Waals surface area contributed by atoms with Crippen molar-refractivity contribution in [2.45, 2.75) is 271 Å². The normalized spacial score (nSPS) is 14.6. The van der Waals surface area contributed by atoms with Crippen LogP contribution in [-0.4, -0.2) is 37.1 Å². The summed E-state index contributed by atoms with van der Waals surface area (Å²) in [7, 11) is 0. The lowest BCUT2D eigenvalue weighted by Crippen LogP contribution is -2.30. The van der Waals surface area contributed by atoms with Gasteiger partial charge in [-0.15, -0.1) is 0 Å². The van der Waals surface area contributed by atoms with Crippen LogP contribution in [0.15, 0.2) is 60.8 Å². The van der Waals surface area contributed by atoms with Gasteiger partial charge in [0.1, 0.15) is 13.1 Å². The molecule has 0 saturated heterocycles. The Bertz CT molecular complexity index is 1380. The van der Waals surface area contributed by atoms with Gasteiger partial charge in [0.15, 0.2) is 6.08 Å². The van der Waals surface area contributed by atoms with Crippen LogP contribution in [0.4, 0.5) is 0 Å². The lowest BCUT2D eigenvalue weighted by Gasteiger charge is -2.18. The molecule has 0 fully saturated rings. The van der Waals surface area contributed by atoms with Crippen molar-refractivity contribution in [3.05, 3.63) is 60.8 Å². The van der Waals surface area contributed by atoms with Gasteiger partial charge in [0.2, 0.25) is 0 Å². The Morgan fingerprint density at radius 3 is 0.968 bits per heavy atom. The smallest absolute Gasteiger partial charge is 0.306 e. The molecule has 1 unspecified atom stereocenters. The number of unbranched alkanes of at least 4 members (excludes halogenated alkanes) is 27. The first kappa shape index (κ1) is 51.1. The van der Waals surface area contributed by atoms with Crippen molar-refractivity contribution in [3.63, 3.8) is 0 Å². The summed E-state index contributed by atoms with van der Waals surface area (Å²) in [5.41, 5.74) is 0. The Labute approximate surface area is 397 Å². The van der Waals surface area contributed by atoms with Gasteiger partial charge >= 0.3 is 17.9 Å². The first-order valence-corrected chi connectivity index (χ1v) is 26.3. The van der Waals surface area contributed by atoms with Crippen molar-refractivity contribution < 1.29 is 35.4 Å². The monoisotopic (exact) mass is 886 g/mol. The van der Waals surface area contributed by atoms with Crippen LogP contribution in [0.5, 0.6) is 0 Å². The van der Waals surface area contributed by atoms with Gasteiger partial charge < -0.3 is 14.2 Å². The fourth-order valence-corrected chi connectivity index (χ4v) is 7.04. The summed E-state index contributed by atoms with van der Waals surface area (Å²) in [5.74, 6) is -3.00. The maximum Gasteiger partial charge on any atom is 0.306 e. The lowest BCUT2D eigenvalue weighted by atomic mass is 10.1. The molecule has 6 nitrogen and oxygen atoms in total. The Kier molecular flexibility index (Phi) is 42.0. The second kappa shape index (κ2) is 51.7. The Morgan fingerprint density at radius 2 is 0.619 bits per heavy atom. The number of esters is 3. The van der Waals surface area contributed by atoms with E-state index in [0.29, 0.717) is 32.1 Å². The van der Waals surface area contributed by atoms with E-state index < -0.39 is 37.1 Å². The summed E-state index contributed by atoms with van der Waals surface area (Å²) in [6.45, 7) is -0.292. The molecule has 1 atom stereocenters. The fourth-order valence-electron chi connectivity index (χ4n) is 7.04. The number of hydrogen-bond acceptors (Lipinski definition) is 6. The molecule has 0 aliphatic heterocycles. The topological polar surface area (TPSA) is 78.9 Å². The zero-order valence-corrected chi connectivity index (χ0v) is 41.1. The van der Waals surface area contributed by atoms with Crippen LogP contribution < -0.4 is 0 Å². The minimum atomic E-state index is -3.51. The molecule has 0 aliphatic carbocycles. The molecule has 0 heterocycles. The quantitative estimate of drug-likeness (QED) is 0.0262. The number of carbonyl (C=O) groups excluding carboxylic acids is 3. The maximum absolute atomic E-state index is 13.1. The third kappa shape index (κ3) is 50.0. The number of hydrogen-bond donors (Lipinski definition) is 0. The third-order valence-electron chi connectivity index (χ3n) is 11.0. The Balaban J connectivity index is 5.08. The molecule has 63 heavy (non-hydrogen) atoms. The highest BCUT2D eigenvalue weighted by Gasteiger charge is 2.19. The average molecular weight is 886 g/mol. The molecule has 0 spiro atoms. The maximum atomic E-state index is 13.1. The average Bonchev–Trinajstić information content (AvgIpc) is 3.29. The molecule has 0 amide bonds. The largest absolute Gasteiger partial charge is 0.462 e. The van der Waals surface area contributed by atoms with E-state index in [9.17, 15) is 14.4 Å². The molecule has 0 radical (unpaired) electrons. The zero-order chi connectivity index (χ0) is 50.3.